The molecule has 0 fully saturated rings. The highest BCUT2D eigenvalue weighted by Crippen LogP contribution is 2.62. The molecule has 0 amide bonds. The predicted molar refractivity (Wildman–Crippen MR) is 109 cm³/mol. The summed E-state index contributed by atoms with van der Waals surface area (Å²) in [5.41, 5.74) is 3.71. The third kappa shape index (κ3) is 4.04. The number of fused-ring (bicyclic) bond motifs is 1. The Morgan fingerprint density at radius 3 is 2.37 bits per heavy atom. The fourth-order valence-corrected chi connectivity index (χ4v) is 6.02. The molecule has 1 atom stereocenters. The highest BCUT2D eigenvalue weighted by molar-refractivity contribution is 8.01. The van der Waals surface area contributed by atoms with Crippen molar-refractivity contribution in [1.82, 2.24) is 4.90 Å². The molecular formula is C22H26FNO2S. The molecule has 3 rings (SSSR count). The number of benzene rings is 2. The van der Waals surface area contributed by atoms with Crippen molar-refractivity contribution in [3.8, 4) is 0 Å². The molecule has 0 bridgehead atoms. The van der Waals surface area contributed by atoms with Gasteiger partial charge in [-0.05, 0) is 69.1 Å². The molecule has 1 aliphatic rings. The Bertz CT molecular complexity index is 821. The summed E-state index contributed by atoms with van der Waals surface area (Å²) in [5, 5.41) is 8.97. The summed E-state index contributed by atoms with van der Waals surface area (Å²) in [6.07, 6.45) is 1.73. The molecule has 0 saturated heterocycles. The van der Waals surface area contributed by atoms with E-state index in [9.17, 15) is 9.18 Å². The number of likely N-dealkylation sites (N-methyl/N-ethyl adjacent to an activating group) is 1. The SMILES string of the molecule is CN(CCCC1(c2ccc(F)cc2)SC(C)(C)c2ccccc21)CC(=O)O. The van der Waals surface area contributed by atoms with Crippen LogP contribution in [0, 0.1) is 5.82 Å². The maximum Gasteiger partial charge on any atom is 0.317 e. The van der Waals surface area contributed by atoms with Crippen LogP contribution in [0.4, 0.5) is 4.39 Å². The van der Waals surface area contributed by atoms with Crippen molar-refractivity contribution in [2.45, 2.75) is 36.2 Å². The molecule has 0 radical (unpaired) electrons. The van der Waals surface area contributed by atoms with E-state index in [4.69, 9.17) is 5.11 Å². The minimum atomic E-state index is -0.813. The van der Waals surface area contributed by atoms with Crippen molar-refractivity contribution in [2.24, 2.45) is 0 Å². The summed E-state index contributed by atoms with van der Waals surface area (Å²) in [7, 11) is 1.83. The summed E-state index contributed by atoms with van der Waals surface area (Å²) in [6.45, 7) is 5.22. The Morgan fingerprint density at radius 1 is 1.11 bits per heavy atom. The summed E-state index contributed by atoms with van der Waals surface area (Å²) < 4.78 is 13.3. The average Bonchev–Trinajstić information content (AvgIpc) is 2.83. The predicted octanol–water partition coefficient (Wildman–Crippen LogP) is 4.85. The number of nitrogens with zero attached hydrogens (tertiary/aromatic N) is 1. The van der Waals surface area contributed by atoms with Crippen molar-refractivity contribution < 1.29 is 14.3 Å². The Hall–Kier alpha value is -1.85. The molecule has 5 heteroatoms. The highest BCUT2D eigenvalue weighted by Gasteiger charge is 2.48. The van der Waals surface area contributed by atoms with Gasteiger partial charge >= 0.3 is 5.97 Å². The number of hydrogen-bond acceptors (Lipinski definition) is 3. The molecule has 0 aliphatic carbocycles. The normalized spacial score (nSPS) is 20.6. The summed E-state index contributed by atoms with van der Waals surface area (Å²) >= 11 is 1.91. The van der Waals surface area contributed by atoms with E-state index in [-0.39, 0.29) is 21.9 Å². The molecule has 1 heterocycles. The lowest BCUT2D eigenvalue weighted by Crippen LogP contribution is -2.29. The highest BCUT2D eigenvalue weighted by atomic mass is 32.2. The fraction of sp³-hybridized carbons (Fsp3) is 0.409. The maximum atomic E-state index is 13.6. The Morgan fingerprint density at radius 2 is 1.74 bits per heavy atom. The molecule has 0 saturated carbocycles. The van der Waals surface area contributed by atoms with Crippen molar-refractivity contribution in [3.63, 3.8) is 0 Å². The monoisotopic (exact) mass is 387 g/mol. The number of halogens is 1. The first-order valence-corrected chi connectivity index (χ1v) is 10.0. The van der Waals surface area contributed by atoms with E-state index in [2.05, 4.69) is 38.1 Å². The van der Waals surface area contributed by atoms with Gasteiger partial charge in [0, 0.05) is 4.75 Å². The van der Waals surface area contributed by atoms with Gasteiger partial charge < -0.3 is 5.11 Å². The second-order valence-electron chi connectivity index (χ2n) is 7.73. The topological polar surface area (TPSA) is 40.5 Å². The van der Waals surface area contributed by atoms with Gasteiger partial charge in [-0.15, -0.1) is 11.8 Å². The Kier molecular flexibility index (Phi) is 5.63. The smallest absolute Gasteiger partial charge is 0.317 e. The number of rotatable bonds is 7. The van der Waals surface area contributed by atoms with Gasteiger partial charge in [-0.25, -0.2) is 4.39 Å². The van der Waals surface area contributed by atoms with Crippen molar-refractivity contribution in [3.05, 3.63) is 71.0 Å². The lowest BCUT2D eigenvalue weighted by molar-refractivity contribution is -0.137. The molecular weight excluding hydrogens is 361 g/mol. The number of carboxylic acids is 1. The third-order valence-electron chi connectivity index (χ3n) is 5.22. The van der Waals surface area contributed by atoms with Crippen LogP contribution in [0.2, 0.25) is 0 Å². The molecule has 1 unspecified atom stereocenters. The van der Waals surface area contributed by atoms with Crippen LogP contribution in [-0.2, 0) is 14.3 Å². The van der Waals surface area contributed by atoms with Crippen molar-refractivity contribution in [1.29, 1.82) is 0 Å². The Labute approximate surface area is 164 Å². The molecule has 0 spiro atoms. The first-order valence-electron chi connectivity index (χ1n) is 9.21. The van der Waals surface area contributed by atoms with E-state index in [1.54, 1.807) is 0 Å². The van der Waals surface area contributed by atoms with E-state index in [1.165, 1.54) is 23.3 Å². The van der Waals surface area contributed by atoms with Gasteiger partial charge in [0.2, 0.25) is 0 Å². The van der Waals surface area contributed by atoms with E-state index >= 15 is 0 Å². The van der Waals surface area contributed by atoms with Gasteiger partial charge in [-0.2, -0.15) is 0 Å². The van der Waals surface area contributed by atoms with Crippen LogP contribution in [0.25, 0.3) is 0 Å². The molecule has 27 heavy (non-hydrogen) atoms. The van der Waals surface area contributed by atoms with Gasteiger partial charge in [-0.1, -0.05) is 36.4 Å². The van der Waals surface area contributed by atoms with E-state index < -0.39 is 5.97 Å². The fourth-order valence-electron chi connectivity index (χ4n) is 4.08. The van der Waals surface area contributed by atoms with E-state index in [0.29, 0.717) is 6.54 Å². The average molecular weight is 388 g/mol. The zero-order valence-corrected chi connectivity index (χ0v) is 16.9. The maximum absolute atomic E-state index is 13.6. The molecule has 144 valence electrons. The van der Waals surface area contributed by atoms with Crippen molar-refractivity contribution in [2.75, 3.05) is 20.1 Å². The molecule has 1 aliphatic heterocycles. The van der Waals surface area contributed by atoms with Gasteiger partial charge in [0.1, 0.15) is 5.82 Å². The van der Waals surface area contributed by atoms with E-state index in [0.717, 1.165) is 18.4 Å². The van der Waals surface area contributed by atoms with Crippen LogP contribution < -0.4 is 0 Å². The molecule has 0 aromatic heterocycles. The second kappa shape index (κ2) is 7.64. The van der Waals surface area contributed by atoms with Crippen molar-refractivity contribution >= 4 is 17.7 Å². The standard InChI is InChI=1S/C22H26FNO2S/c1-21(2)18-7-4-5-8-19(18)22(27-21,16-9-11-17(23)12-10-16)13-6-14-24(3)15-20(25)26/h4-5,7-12H,6,13-15H2,1-3H3,(H,25,26). The molecule has 1 N–H and O–H groups in total. The van der Waals surface area contributed by atoms with E-state index in [1.807, 2.05) is 35.8 Å². The van der Waals surface area contributed by atoms with Gasteiger partial charge in [-0.3, -0.25) is 9.69 Å². The number of aliphatic carboxylic acids is 1. The quantitative estimate of drug-likeness (QED) is 0.737. The summed E-state index contributed by atoms with van der Waals surface area (Å²) in [4.78, 5) is 12.7. The minimum absolute atomic E-state index is 0.0404. The first-order chi connectivity index (χ1) is 12.7. The number of carbonyl (C=O) groups is 1. The van der Waals surface area contributed by atoms with Crippen LogP contribution >= 0.6 is 11.8 Å². The van der Waals surface area contributed by atoms with Gasteiger partial charge in [0.25, 0.3) is 0 Å². The summed E-state index contributed by atoms with van der Waals surface area (Å²) in [5.74, 6) is -1.04. The molecule has 2 aromatic carbocycles. The lowest BCUT2D eigenvalue weighted by atomic mass is 9.82. The minimum Gasteiger partial charge on any atom is -0.480 e. The molecule has 3 nitrogen and oxygen atoms in total. The number of thioether (sulfide) groups is 1. The first kappa shape index (κ1) is 19.9. The van der Waals surface area contributed by atoms with Crippen LogP contribution in [0.3, 0.4) is 0 Å². The van der Waals surface area contributed by atoms with Gasteiger partial charge in [0.15, 0.2) is 0 Å². The lowest BCUT2D eigenvalue weighted by Gasteiger charge is -2.33. The largest absolute Gasteiger partial charge is 0.480 e. The number of hydrogen-bond donors (Lipinski definition) is 1. The van der Waals surface area contributed by atoms with Crippen LogP contribution in [0.15, 0.2) is 48.5 Å². The van der Waals surface area contributed by atoms with Crippen LogP contribution in [0.1, 0.15) is 43.4 Å². The Balaban J connectivity index is 1.94. The summed E-state index contributed by atoms with van der Waals surface area (Å²) in [6, 6.07) is 15.3. The number of carboxylic acid groups (broad SMARTS) is 1. The zero-order chi connectivity index (χ0) is 19.7. The van der Waals surface area contributed by atoms with Crippen LogP contribution in [-0.4, -0.2) is 36.1 Å². The second-order valence-corrected chi connectivity index (χ2v) is 9.65. The van der Waals surface area contributed by atoms with Crippen LogP contribution in [0.5, 0.6) is 0 Å². The zero-order valence-electron chi connectivity index (χ0n) is 16.0. The third-order valence-corrected chi connectivity index (χ3v) is 6.96. The molecule has 2 aromatic rings. The van der Waals surface area contributed by atoms with Gasteiger partial charge in [0.05, 0.1) is 11.3 Å².